The maximum Gasteiger partial charge on any atom is 0.254 e. The van der Waals surface area contributed by atoms with Gasteiger partial charge in [-0.25, -0.2) is 9.97 Å². The molecule has 1 saturated heterocycles. The molecule has 1 aromatic carbocycles. The van der Waals surface area contributed by atoms with E-state index < -0.39 is 0 Å². The number of aromatic nitrogens is 2. The maximum atomic E-state index is 12.1. The smallest absolute Gasteiger partial charge is 0.254 e. The van der Waals surface area contributed by atoms with Crippen LogP contribution < -0.4 is 10.2 Å². The summed E-state index contributed by atoms with van der Waals surface area (Å²) in [7, 11) is 0. The molecule has 0 unspecified atom stereocenters. The Hall–Kier alpha value is -2.43. The Labute approximate surface area is 130 Å². The summed E-state index contributed by atoms with van der Waals surface area (Å²) in [4.78, 5) is 22.9. The van der Waals surface area contributed by atoms with E-state index in [0.717, 1.165) is 18.7 Å². The van der Waals surface area contributed by atoms with Gasteiger partial charge in [0.05, 0.1) is 5.56 Å². The van der Waals surface area contributed by atoms with E-state index in [9.17, 15) is 4.79 Å². The fraction of sp³-hybridized carbons (Fsp3) is 0.353. The molecular weight excluding hydrogens is 276 g/mol. The number of anilines is 1. The molecule has 0 atom stereocenters. The van der Waals surface area contributed by atoms with Crippen molar-refractivity contribution in [3.8, 4) is 0 Å². The Morgan fingerprint density at radius 2 is 1.77 bits per heavy atom. The third kappa shape index (κ3) is 3.42. The Morgan fingerprint density at radius 1 is 1.14 bits per heavy atom. The summed E-state index contributed by atoms with van der Waals surface area (Å²) >= 11 is 0. The number of nitrogens with zero attached hydrogens (tertiary/aromatic N) is 3. The quantitative estimate of drug-likeness (QED) is 0.940. The van der Waals surface area contributed by atoms with Gasteiger partial charge < -0.3 is 10.2 Å². The molecule has 5 heteroatoms. The van der Waals surface area contributed by atoms with Crippen molar-refractivity contribution in [2.45, 2.75) is 26.3 Å². The molecule has 1 aliphatic heterocycles. The van der Waals surface area contributed by atoms with E-state index in [1.54, 1.807) is 12.4 Å². The average molecular weight is 296 g/mol. The van der Waals surface area contributed by atoms with Gasteiger partial charge in [0, 0.05) is 32.0 Å². The molecule has 0 radical (unpaired) electrons. The second-order valence-electron chi connectivity index (χ2n) is 5.63. The van der Waals surface area contributed by atoms with Crippen molar-refractivity contribution in [3.63, 3.8) is 0 Å². The van der Waals surface area contributed by atoms with Crippen molar-refractivity contribution in [2.24, 2.45) is 0 Å². The zero-order chi connectivity index (χ0) is 15.4. The number of amides is 1. The van der Waals surface area contributed by atoms with E-state index in [2.05, 4.69) is 20.2 Å². The molecule has 1 fully saturated rings. The molecule has 5 nitrogen and oxygen atoms in total. The molecule has 1 aromatic heterocycles. The number of carbonyl (C=O) groups excluding carboxylic acids is 1. The van der Waals surface area contributed by atoms with Gasteiger partial charge in [-0.1, -0.05) is 29.8 Å². The van der Waals surface area contributed by atoms with E-state index in [1.165, 1.54) is 18.4 Å². The lowest BCUT2D eigenvalue weighted by atomic mass is 10.1. The van der Waals surface area contributed by atoms with Gasteiger partial charge in [0.15, 0.2) is 0 Å². The third-order valence-corrected chi connectivity index (χ3v) is 3.86. The summed E-state index contributed by atoms with van der Waals surface area (Å²) in [6.45, 7) is 4.55. The third-order valence-electron chi connectivity index (χ3n) is 3.86. The molecular formula is C17H20N4O. The Balaban J connectivity index is 1.58. The van der Waals surface area contributed by atoms with Crippen LogP contribution in [0.3, 0.4) is 0 Å². The van der Waals surface area contributed by atoms with Crippen LogP contribution in [0.25, 0.3) is 0 Å². The fourth-order valence-electron chi connectivity index (χ4n) is 2.51. The topological polar surface area (TPSA) is 58.1 Å². The molecule has 2 heterocycles. The lowest BCUT2D eigenvalue weighted by Gasteiger charge is -2.14. The van der Waals surface area contributed by atoms with E-state index in [0.29, 0.717) is 18.1 Å². The summed E-state index contributed by atoms with van der Waals surface area (Å²) in [5.41, 5.74) is 2.78. The monoisotopic (exact) mass is 296 g/mol. The van der Waals surface area contributed by atoms with Crippen LogP contribution in [0.5, 0.6) is 0 Å². The molecule has 0 aliphatic carbocycles. The van der Waals surface area contributed by atoms with Gasteiger partial charge in [-0.15, -0.1) is 0 Å². The number of hydrogen-bond acceptors (Lipinski definition) is 4. The second-order valence-corrected chi connectivity index (χ2v) is 5.63. The van der Waals surface area contributed by atoms with Gasteiger partial charge >= 0.3 is 0 Å². The zero-order valence-electron chi connectivity index (χ0n) is 12.7. The summed E-state index contributed by atoms with van der Waals surface area (Å²) < 4.78 is 0. The molecule has 114 valence electrons. The lowest BCUT2D eigenvalue weighted by Crippen LogP contribution is -2.24. The minimum atomic E-state index is -0.145. The van der Waals surface area contributed by atoms with Crippen molar-refractivity contribution in [3.05, 3.63) is 53.3 Å². The number of nitrogens with one attached hydrogen (secondary N) is 1. The first kappa shape index (κ1) is 14.5. The first-order valence-corrected chi connectivity index (χ1v) is 7.63. The van der Waals surface area contributed by atoms with Gasteiger partial charge in [0.1, 0.15) is 0 Å². The first-order valence-electron chi connectivity index (χ1n) is 7.63. The maximum absolute atomic E-state index is 12.1. The first-order chi connectivity index (χ1) is 10.7. The Kier molecular flexibility index (Phi) is 4.32. The van der Waals surface area contributed by atoms with E-state index in [4.69, 9.17) is 0 Å². The highest BCUT2D eigenvalue weighted by Gasteiger charge is 2.15. The van der Waals surface area contributed by atoms with Crippen LogP contribution in [0, 0.1) is 6.92 Å². The van der Waals surface area contributed by atoms with Gasteiger partial charge in [-0.2, -0.15) is 0 Å². The van der Waals surface area contributed by atoms with Crippen molar-refractivity contribution in [1.82, 2.24) is 15.3 Å². The molecule has 0 saturated carbocycles. The van der Waals surface area contributed by atoms with Gasteiger partial charge in [-0.05, 0) is 25.3 Å². The summed E-state index contributed by atoms with van der Waals surface area (Å²) in [5.74, 6) is 0.570. The average Bonchev–Trinajstić information content (AvgIpc) is 3.09. The summed E-state index contributed by atoms with van der Waals surface area (Å²) in [6, 6.07) is 8.11. The molecule has 1 N–H and O–H groups in total. The van der Waals surface area contributed by atoms with Crippen molar-refractivity contribution >= 4 is 11.9 Å². The van der Waals surface area contributed by atoms with Gasteiger partial charge in [0.25, 0.3) is 5.91 Å². The van der Waals surface area contributed by atoms with Crippen LogP contribution >= 0.6 is 0 Å². The number of aryl methyl sites for hydroxylation is 1. The minimum absolute atomic E-state index is 0.145. The Morgan fingerprint density at radius 3 is 2.41 bits per heavy atom. The molecule has 0 bridgehead atoms. The van der Waals surface area contributed by atoms with E-state index in [-0.39, 0.29) is 5.91 Å². The predicted molar refractivity (Wildman–Crippen MR) is 85.8 cm³/mol. The van der Waals surface area contributed by atoms with Crippen LogP contribution in [-0.4, -0.2) is 29.0 Å². The highest BCUT2D eigenvalue weighted by molar-refractivity contribution is 5.93. The largest absolute Gasteiger partial charge is 0.348 e. The number of carbonyl (C=O) groups is 1. The second kappa shape index (κ2) is 6.56. The molecule has 1 amide bonds. The number of rotatable bonds is 4. The Bertz CT molecular complexity index is 631. The lowest BCUT2D eigenvalue weighted by molar-refractivity contribution is 0.0950. The van der Waals surface area contributed by atoms with Crippen molar-refractivity contribution < 1.29 is 4.79 Å². The standard InChI is InChI=1S/C17H20N4O/c1-13-4-6-14(7-5-13)10-18-16(22)15-11-19-17(20-12-15)21-8-2-3-9-21/h4-7,11-12H,2-3,8-10H2,1H3,(H,18,22). The molecule has 2 aromatic rings. The van der Waals surface area contributed by atoms with Crippen LogP contribution in [-0.2, 0) is 6.54 Å². The summed E-state index contributed by atoms with van der Waals surface area (Å²) in [5, 5.41) is 2.89. The van der Waals surface area contributed by atoms with Crippen molar-refractivity contribution in [2.75, 3.05) is 18.0 Å². The van der Waals surface area contributed by atoms with Crippen molar-refractivity contribution in [1.29, 1.82) is 0 Å². The van der Waals surface area contributed by atoms with Crippen LogP contribution in [0.15, 0.2) is 36.7 Å². The van der Waals surface area contributed by atoms with Gasteiger partial charge in [-0.3, -0.25) is 4.79 Å². The normalized spacial score (nSPS) is 14.1. The zero-order valence-corrected chi connectivity index (χ0v) is 12.7. The minimum Gasteiger partial charge on any atom is -0.348 e. The summed E-state index contributed by atoms with van der Waals surface area (Å²) in [6.07, 6.45) is 5.57. The van der Waals surface area contributed by atoms with Crippen LogP contribution in [0.4, 0.5) is 5.95 Å². The fourth-order valence-corrected chi connectivity index (χ4v) is 2.51. The van der Waals surface area contributed by atoms with E-state index >= 15 is 0 Å². The highest BCUT2D eigenvalue weighted by atomic mass is 16.1. The van der Waals surface area contributed by atoms with Gasteiger partial charge in [0.2, 0.25) is 5.95 Å². The number of benzene rings is 1. The highest BCUT2D eigenvalue weighted by Crippen LogP contribution is 2.14. The van der Waals surface area contributed by atoms with E-state index in [1.807, 2.05) is 31.2 Å². The van der Waals surface area contributed by atoms with Crippen LogP contribution in [0.2, 0.25) is 0 Å². The molecule has 0 spiro atoms. The SMILES string of the molecule is Cc1ccc(CNC(=O)c2cnc(N3CCCC3)nc2)cc1. The number of hydrogen-bond donors (Lipinski definition) is 1. The molecule has 22 heavy (non-hydrogen) atoms. The predicted octanol–water partition coefficient (Wildman–Crippen LogP) is 2.32. The van der Waals surface area contributed by atoms with Crippen LogP contribution in [0.1, 0.15) is 34.3 Å². The molecule has 3 rings (SSSR count). The molecule has 1 aliphatic rings.